The topological polar surface area (TPSA) is 124 Å². The van der Waals surface area contributed by atoms with Gasteiger partial charge in [-0.3, -0.25) is 4.72 Å². The van der Waals surface area contributed by atoms with Crippen LogP contribution < -0.4 is 10.5 Å². The second-order valence-corrected chi connectivity index (χ2v) is 9.23. The minimum Gasteiger partial charge on any atom is -0.394 e. The van der Waals surface area contributed by atoms with E-state index in [1.807, 2.05) is 0 Å². The first-order chi connectivity index (χ1) is 9.12. The Balaban J connectivity index is 2.20. The summed E-state index contributed by atoms with van der Waals surface area (Å²) >= 11 is 0. The molecule has 1 saturated heterocycles. The van der Waals surface area contributed by atoms with Gasteiger partial charge in [-0.2, -0.15) is 5.10 Å². The fourth-order valence-corrected chi connectivity index (χ4v) is 5.52. The maximum atomic E-state index is 12.3. The van der Waals surface area contributed by atoms with Crippen LogP contribution in [0.2, 0.25) is 0 Å². The number of sulfone groups is 1. The van der Waals surface area contributed by atoms with E-state index in [9.17, 15) is 16.8 Å². The van der Waals surface area contributed by atoms with Crippen molar-refractivity contribution < 1.29 is 16.8 Å². The molecule has 1 aliphatic rings. The molecule has 20 heavy (non-hydrogen) atoms. The van der Waals surface area contributed by atoms with Crippen LogP contribution in [0.25, 0.3) is 0 Å². The molecule has 0 aromatic carbocycles. The van der Waals surface area contributed by atoms with Gasteiger partial charge in [-0.05, 0) is 19.8 Å². The van der Waals surface area contributed by atoms with Crippen molar-refractivity contribution in [2.45, 2.75) is 25.0 Å². The van der Waals surface area contributed by atoms with E-state index in [1.54, 1.807) is 14.0 Å². The van der Waals surface area contributed by atoms with Crippen LogP contribution in [-0.2, 0) is 26.9 Å². The number of rotatable bonds is 3. The molecule has 1 aliphatic heterocycles. The highest BCUT2D eigenvalue weighted by atomic mass is 32.2. The van der Waals surface area contributed by atoms with Crippen molar-refractivity contribution in [3.8, 4) is 0 Å². The predicted molar refractivity (Wildman–Crippen MR) is 76.6 cm³/mol. The number of sulfonamides is 1. The van der Waals surface area contributed by atoms with Crippen molar-refractivity contribution in [1.29, 1.82) is 0 Å². The standard InChI is InChI=1S/C10H18N4O4S2/c1-7-9(11)10(14(2)12-7)13-20(17,18)8-3-5-19(15,16)6-4-8/h8,13H,3-6,11H2,1-2H3. The summed E-state index contributed by atoms with van der Waals surface area (Å²) in [5, 5.41) is 3.31. The van der Waals surface area contributed by atoms with Crippen LogP contribution in [0.15, 0.2) is 0 Å². The van der Waals surface area contributed by atoms with E-state index in [-0.39, 0.29) is 35.9 Å². The minimum atomic E-state index is -3.67. The van der Waals surface area contributed by atoms with Crippen LogP contribution >= 0.6 is 0 Å². The zero-order chi connectivity index (χ0) is 15.1. The van der Waals surface area contributed by atoms with Crippen LogP contribution in [0.3, 0.4) is 0 Å². The van der Waals surface area contributed by atoms with E-state index in [0.29, 0.717) is 5.69 Å². The molecule has 114 valence electrons. The lowest BCUT2D eigenvalue weighted by molar-refractivity contribution is 0.555. The molecule has 10 heteroatoms. The first-order valence-electron chi connectivity index (χ1n) is 6.13. The van der Waals surface area contributed by atoms with E-state index < -0.39 is 25.1 Å². The molecule has 0 spiro atoms. The van der Waals surface area contributed by atoms with Crippen LogP contribution in [0, 0.1) is 6.92 Å². The Labute approximate surface area is 118 Å². The van der Waals surface area contributed by atoms with Gasteiger partial charge in [-0.1, -0.05) is 0 Å². The van der Waals surface area contributed by atoms with Crippen LogP contribution in [0.5, 0.6) is 0 Å². The number of aromatic nitrogens is 2. The first kappa shape index (κ1) is 15.1. The average Bonchev–Trinajstić information content (AvgIpc) is 2.55. The summed E-state index contributed by atoms with van der Waals surface area (Å²) in [5.41, 5.74) is 6.59. The highest BCUT2D eigenvalue weighted by molar-refractivity contribution is 7.94. The average molecular weight is 322 g/mol. The normalized spacial score (nSPS) is 19.9. The van der Waals surface area contributed by atoms with Gasteiger partial charge in [0.1, 0.15) is 9.84 Å². The highest BCUT2D eigenvalue weighted by Gasteiger charge is 2.33. The molecule has 1 aromatic heterocycles. The van der Waals surface area contributed by atoms with Crippen molar-refractivity contribution in [1.82, 2.24) is 9.78 Å². The summed E-state index contributed by atoms with van der Waals surface area (Å²) in [7, 11) is -5.18. The molecule has 0 atom stereocenters. The summed E-state index contributed by atoms with van der Waals surface area (Å²) in [5.74, 6) is 0.0210. The number of nitrogens with zero attached hydrogens (tertiary/aromatic N) is 2. The molecule has 0 bridgehead atoms. The van der Waals surface area contributed by atoms with Crippen molar-refractivity contribution in [3.05, 3.63) is 5.69 Å². The van der Waals surface area contributed by atoms with Gasteiger partial charge < -0.3 is 5.73 Å². The number of nitrogen functional groups attached to an aromatic ring is 1. The van der Waals surface area contributed by atoms with Gasteiger partial charge in [0.15, 0.2) is 5.82 Å². The lowest BCUT2D eigenvalue weighted by Crippen LogP contribution is -2.36. The third-order valence-electron chi connectivity index (χ3n) is 3.45. The SMILES string of the molecule is Cc1nn(C)c(NS(=O)(=O)C2CCS(=O)(=O)CC2)c1N. The summed E-state index contributed by atoms with van der Waals surface area (Å²) in [4.78, 5) is 0. The molecule has 0 amide bonds. The van der Waals surface area contributed by atoms with Crippen molar-refractivity contribution in [2.75, 3.05) is 22.0 Å². The van der Waals surface area contributed by atoms with Crippen LogP contribution in [0.4, 0.5) is 11.5 Å². The van der Waals surface area contributed by atoms with Gasteiger partial charge in [-0.25, -0.2) is 21.5 Å². The Kier molecular flexibility index (Phi) is 3.71. The molecule has 2 rings (SSSR count). The maximum Gasteiger partial charge on any atom is 0.236 e. The summed E-state index contributed by atoms with van der Waals surface area (Å²) in [6, 6.07) is 0. The van der Waals surface area contributed by atoms with Gasteiger partial charge >= 0.3 is 0 Å². The summed E-state index contributed by atoms with van der Waals surface area (Å²) < 4.78 is 51.0. The molecule has 0 radical (unpaired) electrons. The zero-order valence-electron chi connectivity index (χ0n) is 11.3. The number of nitrogens with two attached hydrogens (primary N) is 1. The monoisotopic (exact) mass is 322 g/mol. The molecule has 8 nitrogen and oxygen atoms in total. The molecule has 3 N–H and O–H groups in total. The Morgan fingerprint density at radius 1 is 1.35 bits per heavy atom. The summed E-state index contributed by atoms with van der Waals surface area (Å²) in [6.07, 6.45) is 0.211. The largest absolute Gasteiger partial charge is 0.394 e. The number of hydrogen-bond acceptors (Lipinski definition) is 6. The van der Waals surface area contributed by atoms with Crippen molar-refractivity contribution in [2.24, 2.45) is 7.05 Å². The van der Waals surface area contributed by atoms with Crippen molar-refractivity contribution >= 4 is 31.4 Å². The van der Waals surface area contributed by atoms with Gasteiger partial charge in [0.25, 0.3) is 0 Å². The highest BCUT2D eigenvalue weighted by Crippen LogP contribution is 2.26. The number of aryl methyl sites for hydroxylation is 2. The molecule has 2 heterocycles. The number of hydrogen-bond donors (Lipinski definition) is 2. The zero-order valence-corrected chi connectivity index (χ0v) is 13.0. The smallest absolute Gasteiger partial charge is 0.236 e. The fraction of sp³-hybridized carbons (Fsp3) is 0.700. The van der Waals surface area contributed by atoms with E-state index >= 15 is 0 Å². The second-order valence-electron chi connectivity index (χ2n) is 4.97. The van der Waals surface area contributed by atoms with E-state index in [2.05, 4.69) is 9.82 Å². The first-order valence-corrected chi connectivity index (χ1v) is 9.50. The second kappa shape index (κ2) is 4.92. The Hall–Kier alpha value is -1.29. The quantitative estimate of drug-likeness (QED) is 0.782. The molecule has 0 aliphatic carbocycles. The van der Waals surface area contributed by atoms with E-state index in [0.717, 1.165) is 0 Å². The van der Waals surface area contributed by atoms with E-state index in [1.165, 1.54) is 4.68 Å². The maximum absolute atomic E-state index is 12.3. The predicted octanol–water partition coefficient (Wildman–Crippen LogP) is -0.370. The molecular weight excluding hydrogens is 304 g/mol. The van der Waals surface area contributed by atoms with Gasteiger partial charge in [0.2, 0.25) is 10.0 Å². The van der Waals surface area contributed by atoms with Gasteiger partial charge in [0.05, 0.1) is 28.1 Å². The third kappa shape index (κ3) is 2.90. The van der Waals surface area contributed by atoms with Crippen LogP contribution in [-0.4, -0.2) is 43.4 Å². The van der Waals surface area contributed by atoms with Gasteiger partial charge in [-0.15, -0.1) is 0 Å². The Morgan fingerprint density at radius 3 is 2.35 bits per heavy atom. The lowest BCUT2D eigenvalue weighted by Gasteiger charge is -2.22. The van der Waals surface area contributed by atoms with Crippen molar-refractivity contribution in [3.63, 3.8) is 0 Å². The molecule has 1 fully saturated rings. The fourth-order valence-electron chi connectivity index (χ4n) is 2.19. The molecular formula is C10H18N4O4S2. The lowest BCUT2D eigenvalue weighted by atomic mass is 10.2. The van der Waals surface area contributed by atoms with Crippen LogP contribution in [0.1, 0.15) is 18.5 Å². The molecule has 0 saturated carbocycles. The number of nitrogens with one attached hydrogen (secondary N) is 1. The van der Waals surface area contributed by atoms with E-state index in [4.69, 9.17) is 5.73 Å². The number of anilines is 2. The molecule has 0 unspecified atom stereocenters. The Morgan fingerprint density at radius 2 is 1.90 bits per heavy atom. The summed E-state index contributed by atoms with van der Waals surface area (Å²) in [6.45, 7) is 1.68. The molecule has 1 aromatic rings. The minimum absolute atomic E-state index is 0.0987. The third-order valence-corrected chi connectivity index (χ3v) is 6.99. The Bertz CT molecular complexity index is 707. The van der Waals surface area contributed by atoms with Gasteiger partial charge in [0, 0.05) is 7.05 Å².